The lowest BCUT2D eigenvalue weighted by Crippen LogP contribution is -2.37. The standard InChI is InChI=1S/C15H13ClF3N3.C7H14F2N2.CH3NO/c16-15-21-11-6-2-4-9(11)14(22-15)20-7-8-3-1-5-10(12(8)17)13(18)19;1-10-3-4-11(2)6-7(8,9)5-10;2-1-3/h1,3,5,13H,2,4,6-7H2,(H,20,21,22);3-6H2,1-2H3;1H,(H2,2,3). The van der Waals surface area contributed by atoms with E-state index in [0.717, 1.165) is 49.7 Å². The molecule has 0 spiro atoms. The van der Waals surface area contributed by atoms with E-state index in [9.17, 15) is 22.0 Å². The van der Waals surface area contributed by atoms with Gasteiger partial charge in [0.1, 0.15) is 11.6 Å². The second-order valence-corrected chi connectivity index (χ2v) is 8.90. The van der Waals surface area contributed by atoms with E-state index in [-0.39, 0.29) is 36.9 Å². The first-order valence-electron chi connectivity index (χ1n) is 11.2. The normalized spacial score (nSPS) is 17.2. The molecule has 1 aromatic heterocycles. The molecule has 0 atom stereocenters. The van der Waals surface area contributed by atoms with E-state index < -0.39 is 23.7 Å². The van der Waals surface area contributed by atoms with Crippen LogP contribution < -0.4 is 11.1 Å². The van der Waals surface area contributed by atoms with Gasteiger partial charge in [0, 0.05) is 30.8 Å². The highest BCUT2D eigenvalue weighted by Gasteiger charge is 2.34. The number of fused-ring (bicyclic) bond motifs is 1. The van der Waals surface area contributed by atoms with Crippen LogP contribution in [-0.4, -0.2) is 72.4 Å². The highest BCUT2D eigenvalue weighted by molar-refractivity contribution is 6.28. The average molecular weight is 537 g/mol. The molecule has 1 fully saturated rings. The number of rotatable bonds is 4. The minimum Gasteiger partial charge on any atom is -0.372 e. The van der Waals surface area contributed by atoms with Crippen molar-refractivity contribution in [1.82, 2.24) is 19.8 Å². The number of alkyl halides is 4. The fourth-order valence-corrected chi connectivity index (χ4v) is 4.16. The third-order valence-corrected chi connectivity index (χ3v) is 5.73. The number of aromatic nitrogens is 2. The molecule has 1 aromatic carbocycles. The molecule has 13 heteroatoms. The number of hydrogen-bond acceptors (Lipinski definition) is 6. The monoisotopic (exact) mass is 536 g/mol. The van der Waals surface area contributed by atoms with E-state index in [0.29, 0.717) is 5.82 Å². The minimum absolute atomic E-state index is 0.0617. The van der Waals surface area contributed by atoms with Crippen LogP contribution in [0.3, 0.4) is 0 Å². The molecule has 2 aromatic rings. The lowest BCUT2D eigenvalue weighted by atomic mass is 10.1. The molecule has 2 heterocycles. The molecule has 1 aliphatic carbocycles. The summed E-state index contributed by atoms with van der Waals surface area (Å²) in [6, 6.07) is 3.97. The van der Waals surface area contributed by atoms with Crippen LogP contribution in [0.2, 0.25) is 5.28 Å². The van der Waals surface area contributed by atoms with Gasteiger partial charge in [0.05, 0.1) is 24.3 Å². The van der Waals surface area contributed by atoms with Crippen LogP contribution in [0.5, 0.6) is 0 Å². The van der Waals surface area contributed by atoms with Crippen LogP contribution in [0.1, 0.15) is 35.2 Å². The maximum absolute atomic E-state index is 14.0. The van der Waals surface area contributed by atoms with E-state index in [4.69, 9.17) is 16.4 Å². The topological polar surface area (TPSA) is 87.4 Å². The van der Waals surface area contributed by atoms with Gasteiger partial charge in [-0.1, -0.05) is 18.2 Å². The molecular weight excluding hydrogens is 507 g/mol. The average Bonchev–Trinajstić information content (AvgIpc) is 3.21. The van der Waals surface area contributed by atoms with Crippen LogP contribution in [0.4, 0.5) is 27.8 Å². The molecule has 36 heavy (non-hydrogen) atoms. The highest BCUT2D eigenvalue weighted by Crippen LogP contribution is 2.29. The van der Waals surface area contributed by atoms with Crippen LogP contribution in [-0.2, 0) is 24.2 Å². The third kappa shape index (κ3) is 8.82. The number of nitrogens with zero attached hydrogens (tertiary/aromatic N) is 4. The molecule has 1 saturated heterocycles. The van der Waals surface area contributed by atoms with Gasteiger partial charge < -0.3 is 11.1 Å². The minimum atomic E-state index is -2.84. The molecule has 3 N–H and O–H groups in total. The second kappa shape index (κ2) is 13.7. The second-order valence-electron chi connectivity index (χ2n) is 8.56. The van der Waals surface area contributed by atoms with Gasteiger partial charge in [-0.15, -0.1) is 0 Å². The molecule has 4 rings (SSSR count). The molecule has 0 radical (unpaired) electrons. The smallest absolute Gasteiger partial charge is 0.272 e. The number of carbonyl (C=O) groups excluding carboxylic acids is 1. The van der Waals surface area contributed by atoms with Crippen molar-refractivity contribution < 1.29 is 26.7 Å². The van der Waals surface area contributed by atoms with Gasteiger partial charge in [-0.3, -0.25) is 14.6 Å². The maximum Gasteiger partial charge on any atom is 0.272 e. The molecule has 0 saturated carbocycles. The Labute approximate surface area is 211 Å². The Morgan fingerprint density at radius 3 is 2.36 bits per heavy atom. The van der Waals surface area contributed by atoms with Gasteiger partial charge in [-0.05, 0) is 45.0 Å². The molecule has 1 aliphatic heterocycles. The number of amides is 1. The van der Waals surface area contributed by atoms with Crippen molar-refractivity contribution in [2.75, 3.05) is 45.6 Å². The van der Waals surface area contributed by atoms with Gasteiger partial charge >= 0.3 is 0 Å². The van der Waals surface area contributed by atoms with Crippen molar-refractivity contribution >= 4 is 23.8 Å². The molecule has 0 unspecified atom stereocenters. The van der Waals surface area contributed by atoms with Gasteiger partial charge in [0.15, 0.2) is 0 Å². The molecular formula is C23H30ClF5N6O. The summed E-state index contributed by atoms with van der Waals surface area (Å²) in [6.45, 7) is 1.29. The number of likely N-dealkylation sites (N-methyl/N-ethyl adjacent to an activating group) is 2. The number of anilines is 1. The van der Waals surface area contributed by atoms with Gasteiger partial charge in [0.25, 0.3) is 12.3 Å². The number of halogens is 6. The Morgan fingerprint density at radius 2 is 1.78 bits per heavy atom. The van der Waals surface area contributed by atoms with Crippen molar-refractivity contribution in [3.63, 3.8) is 0 Å². The first kappa shape index (κ1) is 29.7. The van der Waals surface area contributed by atoms with Gasteiger partial charge in [-0.25, -0.2) is 31.9 Å². The number of nitrogens with one attached hydrogen (secondary N) is 1. The van der Waals surface area contributed by atoms with Gasteiger partial charge in [-0.2, -0.15) is 0 Å². The Balaban J connectivity index is 0.000000273. The van der Waals surface area contributed by atoms with E-state index >= 15 is 0 Å². The quantitative estimate of drug-likeness (QED) is 0.350. The number of aryl methyl sites for hydroxylation is 1. The molecule has 0 bridgehead atoms. The SMILES string of the molecule is CN1CCN(C)CC(F)(F)C1.Fc1c(CNc2nc(Cl)nc3c2CCC3)cccc1C(F)F.NC=O. The lowest BCUT2D eigenvalue weighted by molar-refractivity contribution is -0.106. The Kier molecular flexibility index (Phi) is 11.3. The summed E-state index contributed by atoms with van der Waals surface area (Å²) in [7, 11) is 3.46. The molecule has 7 nitrogen and oxygen atoms in total. The predicted octanol–water partition coefficient (Wildman–Crippen LogP) is 3.91. The zero-order chi connectivity index (χ0) is 26.9. The number of primary amides is 1. The maximum atomic E-state index is 14.0. The van der Waals surface area contributed by atoms with Crippen LogP contribution in [0, 0.1) is 5.82 Å². The van der Waals surface area contributed by atoms with Crippen molar-refractivity contribution in [2.24, 2.45) is 5.73 Å². The fourth-order valence-electron chi connectivity index (χ4n) is 3.97. The first-order chi connectivity index (χ1) is 17.0. The van der Waals surface area contributed by atoms with Crippen LogP contribution in [0.25, 0.3) is 0 Å². The number of benzene rings is 1. The third-order valence-electron chi connectivity index (χ3n) is 5.56. The van der Waals surface area contributed by atoms with E-state index in [2.05, 4.69) is 21.0 Å². The summed E-state index contributed by atoms with van der Waals surface area (Å²) in [5, 5.41) is 3.12. The highest BCUT2D eigenvalue weighted by atomic mass is 35.5. The number of nitrogens with two attached hydrogens (primary N) is 1. The van der Waals surface area contributed by atoms with Crippen molar-refractivity contribution in [3.8, 4) is 0 Å². The summed E-state index contributed by atoms with van der Waals surface area (Å²) >= 11 is 5.87. The first-order valence-corrected chi connectivity index (χ1v) is 11.6. The summed E-state index contributed by atoms with van der Waals surface area (Å²) in [4.78, 5) is 20.2. The summed E-state index contributed by atoms with van der Waals surface area (Å²) in [5.41, 5.74) is 5.60. The summed E-state index contributed by atoms with van der Waals surface area (Å²) in [6.07, 6.45) is 0.0436. The zero-order valence-corrected chi connectivity index (χ0v) is 20.8. The van der Waals surface area contributed by atoms with E-state index in [1.54, 1.807) is 23.9 Å². The molecule has 2 aliphatic rings. The van der Waals surface area contributed by atoms with Crippen LogP contribution >= 0.6 is 11.6 Å². The summed E-state index contributed by atoms with van der Waals surface area (Å²) < 4.78 is 65.2. The summed E-state index contributed by atoms with van der Waals surface area (Å²) in [5.74, 6) is -2.88. The van der Waals surface area contributed by atoms with Crippen molar-refractivity contribution in [3.05, 3.63) is 51.7 Å². The largest absolute Gasteiger partial charge is 0.372 e. The van der Waals surface area contributed by atoms with Crippen molar-refractivity contribution in [2.45, 2.75) is 38.2 Å². The van der Waals surface area contributed by atoms with E-state index in [1.807, 2.05) is 0 Å². The molecule has 1 amide bonds. The van der Waals surface area contributed by atoms with Crippen LogP contribution in [0.15, 0.2) is 18.2 Å². The Hall–Kier alpha value is -2.57. The van der Waals surface area contributed by atoms with E-state index in [1.165, 1.54) is 12.1 Å². The lowest BCUT2D eigenvalue weighted by Gasteiger charge is -2.19. The van der Waals surface area contributed by atoms with Gasteiger partial charge in [0.2, 0.25) is 11.7 Å². The molecule has 200 valence electrons. The number of hydrogen-bond donors (Lipinski definition) is 2. The van der Waals surface area contributed by atoms with Crippen molar-refractivity contribution in [1.29, 1.82) is 0 Å². The fraction of sp³-hybridized carbons (Fsp3) is 0.522. The predicted molar refractivity (Wildman–Crippen MR) is 128 cm³/mol. The zero-order valence-electron chi connectivity index (χ0n) is 20.1. The number of carbonyl (C=O) groups is 1. The Bertz CT molecular complexity index is 999. The Morgan fingerprint density at radius 1 is 1.17 bits per heavy atom.